The summed E-state index contributed by atoms with van der Waals surface area (Å²) in [4.78, 5) is 23.4. The second-order valence-corrected chi connectivity index (χ2v) is 7.23. The lowest BCUT2D eigenvalue weighted by Crippen LogP contribution is -2.51. The summed E-state index contributed by atoms with van der Waals surface area (Å²) in [5.41, 5.74) is 3.70. The van der Waals surface area contributed by atoms with E-state index in [2.05, 4.69) is 29.6 Å². The van der Waals surface area contributed by atoms with Crippen molar-refractivity contribution in [2.75, 3.05) is 6.61 Å². The number of benzene rings is 2. The molecule has 5 heteroatoms. The highest BCUT2D eigenvalue weighted by Gasteiger charge is 2.34. The molecule has 0 saturated carbocycles. The highest BCUT2D eigenvalue weighted by atomic mass is 16.5. The first-order valence-electron chi connectivity index (χ1n) is 8.67. The lowest BCUT2D eigenvalue weighted by atomic mass is 9.89. The van der Waals surface area contributed by atoms with E-state index in [9.17, 15) is 9.59 Å². The summed E-state index contributed by atoms with van der Waals surface area (Å²) in [5, 5.41) is 11.8. The van der Waals surface area contributed by atoms with Crippen LogP contribution in [0.2, 0.25) is 0 Å². The first kappa shape index (κ1) is 18.0. The minimum absolute atomic E-state index is 0.0202. The molecule has 1 amide bonds. The van der Waals surface area contributed by atoms with E-state index >= 15 is 0 Å². The van der Waals surface area contributed by atoms with Crippen LogP contribution < -0.4 is 5.32 Å². The number of ether oxygens (including phenoxy) is 1. The van der Waals surface area contributed by atoms with E-state index in [-0.39, 0.29) is 12.5 Å². The number of nitrogens with one attached hydrogen (secondary N) is 1. The van der Waals surface area contributed by atoms with E-state index in [4.69, 9.17) is 9.84 Å². The monoisotopic (exact) mass is 353 g/mol. The van der Waals surface area contributed by atoms with Crippen LogP contribution in [0.15, 0.2) is 48.5 Å². The predicted octanol–water partition coefficient (Wildman–Crippen LogP) is 4.02. The minimum Gasteiger partial charge on any atom is -0.481 e. The normalized spacial score (nSPS) is 14.3. The fraction of sp³-hybridized carbons (Fsp3) is 0.333. The highest BCUT2D eigenvalue weighted by molar-refractivity contribution is 5.79. The SMILES string of the molecule is C[C@@H](C(=O)O)C(C)(C)NC(=O)OCC1c2ccccc2-c2ccccc21. The number of hydrogen-bond acceptors (Lipinski definition) is 3. The number of fused-ring (bicyclic) bond motifs is 3. The van der Waals surface area contributed by atoms with Gasteiger partial charge in [0.1, 0.15) is 6.61 Å². The molecule has 0 aromatic heterocycles. The van der Waals surface area contributed by atoms with E-state index < -0.39 is 23.5 Å². The highest BCUT2D eigenvalue weighted by Crippen LogP contribution is 2.44. The molecule has 0 radical (unpaired) electrons. The lowest BCUT2D eigenvalue weighted by molar-refractivity contribution is -0.143. The van der Waals surface area contributed by atoms with E-state index in [1.165, 1.54) is 0 Å². The van der Waals surface area contributed by atoms with Gasteiger partial charge >= 0.3 is 12.1 Å². The first-order valence-corrected chi connectivity index (χ1v) is 8.67. The van der Waals surface area contributed by atoms with Gasteiger partial charge in [-0.05, 0) is 43.0 Å². The van der Waals surface area contributed by atoms with Crippen LogP contribution in [0.3, 0.4) is 0 Å². The number of carbonyl (C=O) groups excluding carboxylic acids is 1. The molecule has 3 rings (SSSR count). The lowest BCUT2D eigenvalue weighted by Gasteiger charge is -2.29. The topological polar surface area (TPSA) is 75.6 Å². The Hall–Kier alpha value is -2.82. The van der Waals surface area contributed by atoms with Crippen LogP contribution in [0, 0.1) is 5.92 Å². The van der Waals surface area contributed by atoms with Crippen molar-refractivity contribution in [1.29, 1.82) is 0 Å². The molecule has 2 aromatic carbocycles. The fourth-order valence-corrected chi connectivity index (χ4v) is 3.31. The van der Waals surface area contributed by atoms with Gasteiger partial charge in [0.05, 0.1) is 11.5 Å². The molecule has 26 heavy (non-hydrogen) atoms. The molecule has 2 aromatic rings. The zero-order valence-corrected chi connectivity index (χ0v) is 15.2. The third kappa shape index (κ3) is 3.29. The average molecular weight is 353 g/mol. The van der Waals surface area contributed by atoms with Crippen LogP contribution in [0.4, 0.5) is 4.79 Å². The van der Waals surface area contributed by atoms with Gasteiger partial charge in [-0.25, -0.2) is 4.79 Å². The third-order valence-electron chi connectivity index (χ3n) is 5.22. The van der Waals surface area contributed by atoms with Crippen LogP contribution in [0.25, 0.3) is 11.1 Å². The standard InChI is InChI=1S/C21H23NO4/c1-13(19(23)24)21(2,3)22-20(25)26-12-18-16-10-6-4-8-14(16)15-9-5-7-11-17(15)18/h4-11,13,18H,12H2,1-3H3,(H,22,25)(H,23,24)/t13-/m0/s1. The van der Waals surface area contributed by atoms with Crippen LogP contribution in [-0.2, 0) is 9.53 Å². The van der Waals surface area contributed by atoms with Crippen molar-refractivity contribution in [3.8, 4) is 11.1 Å². The molecule has 2 N–H and O–H groups in total. The fourth-order valence-electron chi connectivity index (χ4n) is 3.31. The number of rotatable bonds is 5. The van der Waals surface area contributed by atoms with E-state index in [1.54, 1.807) is 20.8 Å². The first-order chi connectivity index (χ1) is 12.3. The third-order valence-corrected chi connectivity index (χ3v) is 5.22. The Bertz CT molecular complexity index is 798. The molecular formula is C21H23NO4. The number of carboxylic acid groups (broad SMARTS) is 1. The van der Waals surface area contributed by atoms with Gasteiger partial charge in [0, 0.05) is 5.92 Å². The maximum atomic E-state index is 12.2. The van der Waals surface area contributed by atoms with Crippen molar-refractivity contribution in [3.05, 3.63) is 59.7 Å². The molecule has 136 valence electrons. The largest absolute Gasteiger partial charge is 0.481 e. The van der Waals surface area contributed by atoms with Gasteiger partial charge in [0.15, 0.2) is 0 Å². The Morgan fingerprint density at radius 1 is 1.08 bits per heavy atom. The van der Waals surface area contributed by atoms with Crippen LogP contribution in [0.5, 0.6) is 0 Å². The number of carboxylic acids is 1. The molecule has 0 fully saturated rings. The maximum absolute atomic E-state index is 12.2. The van der Waals surface area contributed by atoms with Crippen LogP contribution >= 0.6 is 0 Å². The summed E-state index contributed by atoms with van der Waals surface area (Å²) in [7, 11) is 0. The molecule has 0 heterocycles. The number of amides is 1. The summed E-state index contributed by atoms with van der Waals surface area (Å²) >= 11 is 0. The van der Waals surface area contributed by atoms with Gasteiger partial charge in [0.2, 0.25) is 0 Å². The Morgan fingerprint density at radius 3 is 2.08 bits per heavy atom. The van der Waals surface area contributed by atoms with Gasteiger partial charge in [-0.1, -0.05) is 48.5 Å². The molecule has 0 unspecified atom stereocenters. The molecule has 1 atom stereocenters. The zero-order chi connectivity index (χ0) is 18.9. The molecule has 0 spiro atoms. The quantitative estimate of drug-likeness (QED) is 0.851. The predicted molar refractivity (Wildman–Crippen MR) is 99.1 cm³/mol. The van der Waals surface area contributed by atoms with Gasteiger partial charge in [0.25, 0.3) is 0 Å². The summed E-state index contributed by atoms with van der Waals surface area (Å²) in [6.07, 6.45) is -0.607. The van der Waals surface area contributed by atoms with Crippen molar-refractivity contribution >= 4 is 12.1 Å². The Balaban J connectivity index is 1.72. The Kier molecular flexibility index (Phi) is 4.72. The average Bonchev–Trinajstić information content (AvgIpc) is 2.93. The van der Waals surface area contributed by atoms with Gasteiger partial charge in [-0.2, -0.15) is 0 Å². The molecular weight excluding hydrogens is 330 g/mol. The molecule has 0 aliphatic heterocycles. The zero-order valence-electron chi connectivity index (χ0n) is 15.2. The van der Waals surface area contributed by atoms with Crippen molar-refractivity contribution in [2.24, 2.45) is 5.92 Å². The molecule has 0 bridgehead atoms. The summed E-state index contributed by atoms with van der Waals surface area (Å²) in [6, 6.07) is 16.2. The second kappa shape index (κ2) is 6.83. The maximum Gasteiger partial charge on any atom is 0.407 e. The van der Waals surface area contributed by atoms with Gasteiger partial charge in [-0.15, -0.1) is 0 Å². The van der Waals surface area contributed by atoms with Crippen molar-refractivity contribution in [2.45, 2.75) is 32.2 Å². The molecule has 1 aliphatic carbocycles. The van der Waals surface area contributed by atoms with Crippen LogP contribution in [-0.4, -0.2) is 29.3 Å². The number of aliphatic carboxylic acids is 1. The van der Waals surface area contributed by atoms with Crippen molar-refractivity contribution in [3.63, 3.8) is 0 Å². The van der Waals surface area contributed by atoms with Gasteiger partial charge < -0.3 is 15.2 Å². The number of alkyl carbamates (subject to hydrolysis) is 1. The number of carbonyl (C=O) groups is 2. The molecule has 0 saturated heterocycles. The molecule has 5 nitrogen and oxygen atoms in total. The minimum atomic E-state index is -0.964. The van der Waals surface area contributed by atoms with Gasteiger partial charge in [-0.3, -0.25) is 4.79 Å². The van der Waals surface area contributed by atoms with E-state index in [0.717, 1.165) is 22.3 Å². The Morgan fingerprint density at radius 2 is 1.58 bits per heavy atom. The summed E-state index contributed by atoms with van der Waals surface area (Å²) < 4.78 is 5.46. The second-order valence-electron chi connectivity index (χ2n) is 7.23. The summed E-state index contributed by atoms with van der Waals surface area (Å²) in [6.45, 7) is 5.11. The number of hydrogen-bond donors (Lipinski definition) is 2. The smallest absolute Gasteiger partial charge is 0.407 e. The Labute approximate surface area is 153 Å². The summed E-state index contributed by atoms with van der Waals surface area (Å²) in [5.74, 6) is -1.72. The van der Waals surface area contributed by atoms with E-state index in [0.29, 0.717) is 0 Å². The molecule has 1 aliphatic rings. The van der Waals surface area contributed by atoms with Crippen LogP contribution in [0.1, 0.15) is 37.8 Å². The van der Waals surface area contributed by atoms with Crippen molar-refractivity contribution in [1.82, 2.24) is 5.32 Å². The van der Waals surface area contributed by atoms with E-state index in [1.807, 2.05) is 24.3 Å². The van der Waals surface area contributed by atoms with Crippen molar-refractivity contribution < 1.29 is 19.4 Å².